The van der Waals surface area contributed by atoms with Crippen LogP contribution in [0.25, 0.3) is 0 Å². The van der Waals surface area contributed by atoms with Crippen LogP contribution in [0.15, 0.2) is 52.7 Å². The number of nitriles is 1. The number of fused-ring (bicyclic) bond motifs is 1. The van der Waals surface area contributed by atoms with Crippen molar-refractivity contribution >= 4 is 57.4 Å². The Morgan fingerprint density at radius 2 is 1.83 bits per heavy atom. The van der Waals surface area contributed by atoms with Gasteiger partial charge in [-0.05, 0) is 49.7 Å². The Hall–Kier alpha value is -3.87. The summed E-state index contributed by atoms with van der Waals surface area (Å²) < 4.78 is 0. The molecule has 1 aliphatic rings. The van der Waals surface area contributed by atoms with Gasteiger partial charge >= 0.3 is 0 Å². The second kappa shape index (κ2) is 10.2. The number of anilines is 1. The number of hydrogen-bond acceptors (Lipinski definition) is 8. The third-order valence-corrected chi connectivity index (χ3v) is 7.23. The molecule has 2 amide bonds. The number of likely N-dealkylation sites (N-methyl/N-ethyl adjacent to an activating group) is 1. The second-order valence-corrected chi connectivity index (χ2v) is 9.16. The fourth-order valence-electron chi connectivity index (χ4n) is 3.84. The van der Waals surface area contributed by atoms with E-state index in [1.165, 1.54) is 4.90 Å². The van der Waals surface area contributed by atoms with Crippen molar-refractivity contribution in [1.82, 2.24) is 4.90 Å². The van der Waals surface area contributed by atoms with E-state index < -0.39 is 0 Å². The Balaban J connectivity index is 1.48. The van der Waals surface area contributed by atoms with Crippen LogP contribution in [0.4, 0.5) is 16.4 Å². The maximum Gasteiger partial charge on any atom is 0.261 e. The molecule has 0 bridgehead atoms. The Morgan fingerprint density at radius 1 is 1.14 bits per heavy atom. The van der Waals surface area contributed by atoms with Crippen molar-refractivity contribution in [1.29, 1.82) is 5.26 Å². The fraction of sp³-hybridized carbons (Fsp3) is 0.200. The summed E-state index contributed by atoms with van der Waals surface area (Å²) in [5, 5.41) is 18.1. The third kappa shape index (κ3) is 4.58. The Kier molecular flexibility index (Phi) is 7.05. The summed E-state index contributed by atoms with van der Waals surface area (Å²) in [7, 11) is 0. The van der Waals surface area contributed by atoms with Crippen molar-refractivity contribution in [2.24, 2.45) is 10.2 Å². The zero-order chi connectivity index (χ0) is 25.1. The molecule has 2 heterocycles. The molecule has 0 N–H and O–H groups in total. The van der Waals surface area contributed by atoms with E-state index in [1.54, 1.807) is 30.3 Å². The SMILES string of the molecule is CCN(CCN1C(=O)c2ccccc2C1=O)c1ccc(N=Nc2sc(C=O)c(Cl)c2C#N)c(C)c1. The minimum absolute atomic E-state index is 0.0881. The second-order valence-electron chi connectivity index (χ2n) is 7.75. The van der Waals surface area contributed by atoms with Gasteiger partial charge in [0.05, 0.1) is 26.7 Å². The summed E-state index contributed by atoms with van der Waals surface area (Å²) in [6, 6.07) is 14.5. The summed E-state index contributed by atoms with van der Waals surface area (Å²) in [6.45, 7) is 5.32. The van der Waals surface area contributed by atoms with Crippen molar-refractivity contribution in [2.75, 3.05) is 24.5 Å². The molecule has 0 fully saturated rings. The average Bonchev–Trinajstić information content (AvgIpc) is 3.31. The minimum Gasteiger partial charge on any atom is -0.370 e. The van der Waals surface area contributed by atoms with Crippen molar-refractivity contribution < 1.29 is 14.4 Å². The molecule has 1 aliphatic heterocycles. The average molecular weight is 506 g/mol. The smallest absolute Gasteiger partial charge is 0.261 e. The van der Waals surface area contributed by atoms with Crippen molar-refractivity contribution in [3.05, 3.63) is 74.6 Å². The van der Waals surface area contributed by atoms with Crippen LogP contribution >= 0.6 is 22.9 Å². The van der Waals surface area contributed by atoms with Crippen molar-refractivity contribution in [3.63, 3.8) is 0 Å². The molecule has 3 aromatic rings. The first kappa shape index (κ1) is 24.3. The van der Waals surface area contributed by atoms with Crippen LogP contribution in [-0.4, -0.2) is 42.6 Å². The van der Waals surface area contributed by atoms with Crippen LogP contribution in [0.3, 0.4) is 0 Å². The number of aryl methyl sites for hydroxylation is 1. The van der Waals surface area contributed by atoms with E-state index in [1.807, 2.05) is 32.0 Å². The maximum absolute atomic E-state index is 12.6. The monoisotopic (exact) mass is 505 g/mol. The molecule has 10 heteroatoms. The highest BCUT2D eigenvalue weighted by molar-refractivity contribution is 7.18. The molecular weight excluding hydrogens is 486 g/mol. The molecule has 0 aliphatic carbocycles. The van der Waals surface area contributed by atoms with Crippen LogP contribution in [0.2, 0.25) is 5.02 Å². The summed E-state index contributed by atoms with van der Waals surface area (Å²) >= 11 is 7.05. The van der Waals surface area contributed by atoms with Gasteiger partial charge in [-0.2, -0.15) is 5.26 Å². The predicted octanol–water partition coefficient (Wildman–Crippen LogP) is 5.93. The number of halogens is 1. The van der Waals surface area contributed by atoms with Gasteiger partial charge in [0.15, 0.2) is 11.3 Å². The molecule has 8 nitrogen and oxygen atoms in total. The minimum atomic E-state index is -0.267. The number of nitrogens with zero attached hydrogens (tertiary/aromatic N) is 5. The molecule has 0 spiro atoms. The number of aldehydes is 1. The molecular formula is C25H20ClN5O3S. The van der Waals surface area contributed by atoms with Gasteiger partial charge in [-0.1, -0.05) is 23.7 Å². The number of amides is 2. The lowest BCUT2D eigenvalue weighted by molar-refractivity contribution is 0.0658. The van der Waals surface area contributed by atoms with E-state index >= 15 is 0 Å². The van der Waals surface area contributed by atoms with Gasteiger partial charge in [0.25, 0.3) is 11.8 Å². The van der Waals surface area contributed by atoms with E-state index in [0.717, 1.165) is 22.6 Å². The molecule has 0 unspecified atom stereocenters. The molecule has 0 saturated carbocycles. The van der Waals surface area contributed by atoms with Gasteiger partial charge in [-0.15, -0.1) is 21.6 Å². The molecule has 0 saturated heterocycles. The number of azo groups is 1. The largest absolute Gasteiger partial charge is 0.370 e. The standard InChI is InChI=1S/C25H20ClN5O3S/c1-3-30(10-11-31-24(33)17-6-4-5-7-18(17)25(31)34)16-8-9-20(15(2)12-16)28-29-23-19(13-27)22(26)21(14-32)35-23/h4-9,12,14H,3,10-11H2,1-2H3. The molecule has 4 rings (SSSR count). The van der Waals surface area contributed by atoms with Crippen LogP contribution in [0.1, 0.15) is 48.4 Å². The number of carbonyl (C=O) groups is 3. The number of benzene rings is 2. The summed E-state index contributed by atoms with van der Waals surface area (Å²) in [4.78, 5) is 40.0. The summed E-state index contributed by atoms with van der Waals surface area (Å²) in [6.07, 6.45) is 0.591. The zero-order valence-electron chi connectivity index (χ0n) is 19.0. The highest BCUT2D eigenvalue weighted by atomic mass is 35.5. The Labute approximate surface area is 211 Å². The van der Waals surface area contributed by atoms with Crippen LogP contribution in [-0.2, 0) is 0 Å². The summed E-state index contributed by atoms with van der Waals surface area (Å²) in [5.74, 6) is -0.534. The van der Waals surface area contributed by atoms with Crippen LogP contribution in [0.5, 0.6) is 0 Å². The highest BCUT2D eigenvalue weighted by Crippen LogP contribution is 2.39. The first-order valence-electron chi connectivity index (χ1n) is 10.8. The van der Waals surface area contributed by atoms with E-state index in [2.05, 4.69) is 15.1 Å². The first-order valence-corrected chi connectivity index (χ1v) is 12.0. The van der Waals surface area contributed by atoms with Gasteiger partial charge in [-0.3, -0.25) is 19.3 Å². The lowest BCUT2D eigenvalue weighted by Gasteiger charge is -2.26. The quantitative estimate of drug-likeness (QED) is 0.214. The van der Waals surface area contributed by atoms with Crippen molar-refractivity contribution in [3.8, 4) is 6.07 Å². The van der Waals surface area contributed by atoms with Gasteiger partial charge < -0.3 is 4.90 Å². The number of thiophene rings is 1. The summed E-state index contributed by atoms with van der Waals surface area (Å²) in [5.41, 5.74) is 3.38. The van der Waals surface area contributed by atoms with E-state index in [9.17, 15) is 19.6 Å². The first-order chi connectivity index (χ1) is 16.9. The van der Waals surface area contributed by atoms with E-state index in [-0.39, 0.29) is 38.8 Å². The van der Waals surface area contributed by atoms with E-state index in [0.29, 0.717) is 36.2 Å². The molecule has 1 aromatic heterocycles. The fourth-order valence-corrected chi connectivity index (χ4v) is 4.97. The molecule has 0 atom stereocenters. The van der Waals surface area contributed by atoms with Gasteiger partial charge in [0.1, 0.15) is 11.6 Å². The van der Waals surface area contributed by atoms with E-state index in [4.69, 9.17) is 11.6 Å². The van der Waals surface area contributed by atoms with Gasteiger partial charge in [0, 0.05) is 25.3 Å². The maximum atomic E-state index is 12.6. The van der Waals surface area contributed by atoms with Gasteiger partial charge in [0.2, 0.25) is 0 Å². The normalized spacial score (nSPS) is 12.8. The number of hydrogen-bond donors (Lipinski definition) is 0. The lowest BCUT2D eigenvalue weighted by atomic mass is 10.1. The molecule has 2 aromatic carbocycles. The molecule has 0 radical (unpaired) electrons. The number of rotatable bonds is 8. The molecule has 176 valence electrons. The topological polar surface area (TPSA) is 106 Å². The third-order valence-electron chi connectivity index (χ3n) is 5.72. The Bertz CT molecular complexity index is 1370. The Morgan fingerprint density at radius 3 is 2.40 bits per heavy atom. The molecule has 35 heavy (non-hydrogen) atoms. The number of imide groups is 1. The highest BCUT2D eigenvalue weighted by Gasteiger charge is 2.34. The number of carbonyl (C=O) groups excluding carboxylic acids is 3. The predicted molar refractivity (Wildman–Crippen MR) is 134 cm³/mol. The van der Waals surface area contributed by atoms with Crippen molar-refractivity contribution in [2.45, 2.75) is 13.8 Å². The van der Waals surface area contributed by atoms with Crippen LogP contribution in [0, 0.1) is 18.3 Å². The zero-order valence-corrected chi connectivity index (χ0v) is 20.6. The lowest BCUT2D eigenvalue weighted by Crippen LogP contribution is -2.38. The van der Waals surface area contributed by atoms with Crippen LogP contribution < -0.4 is 4.90 Å². The van der Waals surface area contributed by atoms with Gasteiger partial charge in [-0.25, -0.2) is 0 Å².